The van der Waals surface area contributed by atoms with Gasteiger partial charge in [-0.25, -0.2) is 0 Å². The Bertz CT molecular complexity index is 400. The lowest BCUT2D eigenvalue weighted by Crippen LogP contribution is -2.47. The van der Waals surface area contributed by atoms with Crippen LogP contribution in [0.2, 0.25) is 0 Å². The normalized spacial score (nSPS) is 29.9. The Morgan fingerprint density at radius 3 is 2.32 bits per heavy atom. The van der Waals surface area contributed by atoms with Crippen LogP contribution in [0.1, 0.15) is 43.7 Å². The molecule has 104 valence electrons. The number of nitrogens with one attached hydrogen (secondary N) is 1. The second-order valence-corrected chi connectivity index (χ2v) is 6.31. The topological polar surface area (TPSA) is 15.3 Å². The molecule has 3 rings (SSSR count). The van der Waals surface area contributed by atoms with Crippen LogP contribution in [0.5, 0.6) is 0 Å². The molecular formula is C17H26N2. The minimum absolute atomic E-state index is 0.782. The molecule has 0 spiro atoms. The highest BCUT2D eigenvalue weighted by atomic mass is 15.2. The lowest BCUT2D eigenvalue weighted by molar-refractivity contribution is 0.141. The monoisotopic (exact) mass is 258 g/mol. The summed E-state index contributed by atoms with van der Waals surface area (Å²) in [5, 5.41) is 3.74. The van der Waals surface area contributed by atoms with Crippen molar-refractivity contribution in [1.82, 2.24) is 10.2 Å². The number of hydrogen-bond donors (Lipinski definition) is 1. The zero-order valence-electron chi connectivity index (χ0n) is 12.2. The average molecular weight is 258 g/mol. The van der Waals surface area contributed by atoms with Crippen molar-refractivity contribution in [2.45, 2.75) is 64.2 Å². The van der Waals surface area contributed by atoms with Gasteiger partial charge in [0.2, 0.25) is 0 Å². The van der Waals surface area contributed by atoms with Gasteiger partial charge in [0.1, 0.15) is 0 Å². The zero-order chi connectivity index (χ0) is 13.2. The van der Waals surface area contributed by atoms with Gasteiger partial charge in [0.25, 0.3) is 0 Å². The van der Waals surface area contributed by atoms with Gasteiger partial charge < -0.3 is 5.32 Å². The van der Waals surface area contributed by atoms with Gasteiger partial charge in [-0.05, 0) is 44.7 Å². The molecule has 2 nitrogen and oxygen atoms in total. The van der Waals surface area contributed by atoms with E-state index in [1.54, 1.807) is 0 Å². The third kappa shape index (κ3) is 3.01. The molecule has 0 saturated carbocycles. The van der Waals surface area contributed by atoms with E-state index in [0.717, 1.165) is 31.2 Å². The van der Waals surface area contributed by atoms with E-state index < -0.39 is 0 Å². The third-order valence-electron chi connectivity index (χ3n) is 4.88. The Morgan fingerprint density at radius 2 is 1.74 bits per heavy atom. The van der Waals surface area contributed by atoms with E-state index in [-0.39, 0.29) is 0 Å². The number of nitrogens with zero attached hydrogens (tertiary/aromatic N) is 1. The molecule has 1 N–H and O–H groups in total. The number of rotatable bonds is 4. The van der Waals surface area contributed by atoms with Gasteiger partial charge in [-0.2, -0.15) is 0 Å². The van der Waals surface area contributed by atoms with E-state index in [9.17, 15) is 0 Å². The fraction of sp³-hybridized carbons (Fsp3) is 0.647. The molecule has 2 heterocycles. The summed E-state index contributed by atoms with van der Waals surface area (Å²) >= 11 is 0. The summed E-state index contributed by atoms with van der Waals surface area (Å²) in [5.74, 6) is 0. The van der Waals surface area contributed by atoms with Gasteiger partial charge in [0.15, 0.2) is 0 Å². The molecule has 2 aliphatic heterocycles. The van der Waals surface area contributed by atoms with Crippen LogP contribution in [0.25, 0.3) is 0 Å². The summed E-state index contributed by atoms with van der Waals surface area (Å²) in [6.07, 6.45) is 5.47. The molecule has 2 saturated heterocycles. The maximum Gasteiger partial charge on any atom is 0.0236 e. The summed E-state index contributed by atoms with van der Waals surface area (Å²) in [6, 6.07) is 11.4. The predicted octanol–water partition coefficient (Wildman–Crippen LogP) is 3.10. The van der Waals surface area contributed by atoms with Crippen molar-refractivity contribution in [3.05, 3.63) is 35.4 Å². The van der Waals surface area contributed by atoms with Crippen molar-refractivity contribution in [3.63, 3.8) is 0 Å². The summed E-state index contributed by atoms with van der Waals surface area (Å²) in [5.41, 5.74) is 2.81. The first-order chi connectivity index (χ1) is 9.24. The highest BCUT2D eigenvalue weighted by Gasteiger charge is 2.35. The molecule has 0 amide bonds. The number of aryl methyl sites for hydroxylation is 1. The minimum atomic E-state index is 0.782. The fourth-order valence-corrected chi connectivity index (χ4v) is 3.75. The Labute approximate surface area is 117 Å². The quantitative estimate of drug-likeness (QED) is 0.893. The van der Waals surface area contributed by atoms with Gasteiger partial charge in [-0.1, -0.05) is 36.8 Å². The van der Waals surface area contributed by atoms with E-state index in [0.29, 0.717) is 0 Å². The molecule has 2 heteroatoms. The maximum atomic E-state index is 3.74. The molecular weight excluding hydrogens is 232 g/mol. The largest absolute Gasteiger partial charge is 0.311 e. The minimum Gasteiger partial charge on any atom is -0.311 e. The van der Waals surface area contributed by atoms with Gasteiger partial charge >= 0.3 is 0 Å². The molecule has 0 aliphatic carbocycles. The maximum absolute atomic E-state index is 3.74. The van der Waals surface area contributed by atoms with Crippen LogP contribution in [0, 0.1) is 6.92 Å². The SMILES string of the molecule is CCN(Cc1ccc(C)cc1)C1CC2CCC(C1)N2. The van der Waals surface area contributed by atoms with Crippen LogP contribution in [-0.2, 0) is 6.54 Å². The summed E-state index contributed by atoms with van der Waals surface area (Å²) in [7, 11) is 0. The molecule has 0 radical (unpaired) electrons. The van der Waals surface area contributed by atoms with Crippen LogP contribution in [0.3, 0.4) is 0 Å². The zero-order valence-corrected chi connectivity index (χ0v) is 12.2. The van der Waals surface area contributed by atoms with Crippen molar-refractivity contribution in [1.29, 1.82) is 0 Å². The van der Waals surface area contributed by atoms with E-state index in [1.165, 1.54) is 36.8 Å². The van der Waals surface area contributed by atoms with E-state index in [1.807, 2.05) is 0 Å². The van der Waals surface area contributed by atoms with Crippen LogP contribution >= 0.6 is 0 Å². The first-order valence-electron chi connectivity index (χ1n) is 7.80. The molecule has 1 aromatic carbocycles. The molecule has 2 unspecified atom stereocenters. The highest BCUT2D eigenvalue weighted by molar-refractivity contribution is 5.21. The fourth-order valence-electron chi connectivity index (χ4n) is 3.75. The third-order valence-corrected chi connectivity index (χ3v) is 4.88. The second-order valence-electron chi connectivity index (χ2n) is 6.31. The van der Waals surface area contributed by atoms with Gasteiger partial charge in [-0.3, -0.25) is 4.90 Å². The molecule has 2 atom stereocenters. The number of fused-ring (bicyclic) bond motifs is 2. The molecule has 19 heavy (non-hydrogen) atoms. The average Bonchev–Trinajstić information content (AvgIpc) is 2.77. The number of benzene rings is 1. The van der Waals surface area contributed by atoms with Gasteiger partial charge in [0.05, 0.1) is 0 Å². The van der Waals surface area contributed by atoms with E-state index >= 15 is 0 Å². The van der Waals surface area contributed by atoms with Gasteiger partial charge in [-0.15, -0.1) is 0 Å². The Kier molecular flexibility index (Phi) is 3.90. The second kappa shape index (κ2) is 5.64. The lowest BCUT2D eigenvalue weighted by Gasteiger charge is -2.37. The Morgan fingerprint density at radius 1 is 1.11 bits per heavy atom. The van der Waals surface area contributed by atoms with Crippen LogP contribution < -0.4 is 5.32 Å². The van der Waals surface area contributed by atoms with Crippen molar-refractivity contribution >= 4 is 0 Å². The Balaban J connectivity index is 1.65. The lowest BCUT2D eigenvalue weighted by atomic mass is 9.97. The van der Waals surface area contributed by atoms with Gasteiger partial charge in [0, 0.05) is 24.7 Å². The Hall–Kier alpha value is -0.860. The molecule has 0 aromatic heterocycles. The number of hydrogen-bond acceptors (Lipinski definition) is 2. The summed E-state index contributed by atoms with van der Waals surface area (Å²) in [6.45, 7) is 6.74. The van der Waals surface area contributed by atoms with Crippen LogP contribution in [0.15, 0.2) is 24.3 Å². The molecule has 2 fully saturated rings. The van der Waals surface area contributed by atoms with E-state index in [2.05, 4.69) is 48.3 Å². The molecule has 1 aromatic rings. The van der Waals surface area contributed by atoms with Crippen LogP contribution in [0.4, 0.5) is 0 Å². The first kappa shape index (κ1) is 13.1. The van der Waals surface area contributed by atoms with Crippen molar-refractivity contribution < 1.29 is 0 Å². The molecule has 2 aliphatic rings. The standard InChI is InChI=1S/C17H26N2/c1-3-19(12-14-6-4-13(2)5-7-14)17-10-15-8-9-16(11-17)18-15/h4-7,15-18H,3,8-12H2,1-2H3. The number of piperidine rings is 1. The van der Waals surface area contributed by atoms with Crippen LogP contribution in [-0.4, -0.2) is 29.6 Å². The van der Waals surface area contributed by atoms with Crippen molar-refractivity contribution in [3.8, 4) is 0 Å². The smallest absolute Gasteiger partial charge is 0.0236 e. The van der Waals surface area contributed by atoms with Crippen molar-refractivity contribution in [2.75, 3.05) is 6.54 Å². The van der Waals surface area contributed by atoms with Crippen molar-refractivity contribution in [2.24, 2.45) is 0 Å². The highest BCUT2D eigenvalue weighted by Crippen LogP contribution is 2.30. The summed E-state index contributed by atoms with van der Waals surface area (Å²) < 4.78 is 0. The summed E-state index contributed by atoms with van der Waals surface area (Å²) in [4.78, 5) is 2.68. The molecule has 2 bridgehead atoms. The first-order valence-corrected chi connectivity index (χ1v) is 7.80. The van der Waals surface area contributed by atoms with E-state index in [4.69, 9.17) is 0 Å². The predicted molar refractivity (Wildman–Crippen MR) is 80.2 cm³/mol.